The lowest BCUT2D eigenvalue weighted by Gasteiger charge is -2.18. The highest BCUT2D eigenvalue weighted by atomic mass is 35.5. The first-order valence-electron chi connectivity index (χ1n) is 8.87. The van der Waals surface area contributed by atoms with Crippen LogP contribution in [0.25, 0.3) is 11.1 Å². The van der Waals surface area contributed by atoms with Gasteiger partial charge in [0.15, 0.2) is 0 Å². The molecule has 5 heteroatoms. The third kappa shape index (κ3) is 3.79. The molecule has 138 valence electrons. The lowest BCUT2D eigenvalue weighted by atomic mass is 9.92. The molecule has 3 aromatic carbocycles. The molecule has 1 atom stereocenters. The Labute approximate surface area is 164 Å². The highest BCUT2D eigenvalue weighted by Gasteiger charge is 2.25. The van der Waals surface area contributed by atoms with Crippen LogP contribution in [0.5, 0.6) is 0 Å². The SMILES string of the molecule is O=S(=O)(OCC1CCc2ccccc2-c2ccccc21)c1ccc(Cl)cc1. The van der Waals surface area contributed by atoms with E-state index < -0.39 is 10.1 Å². The second-order valence-corrected chi connectivity index (χ2v) is 8.72. The molecule has 1 aliphatic carbocycles. The first-order chi connectivity index (χ1) is 13.0. The monoisotopic (exact) mass is 398 g/mol. The highest BCUT2D eigenvalue weighted by molar-refractivity contribution is 7.86. The van der Waals surface area contributed by atoms with Crippen molar-refractivity contribution in [2.24, 2.45) is 0 Å². The number of hydrogen-bond acceptors (Lipinski definition) is 3. The number of rotatable bonds is 4. The predicted octanol–water partition coefficient (Wildman–Crippen LogP) is 5.44. The van der Waals surface area contributed by atoms with Crippen LogP contribution in [0.2, 0.25) is 5.02 Å². The van der Waals surface area contributed by atoms with E-state index in [9.17, 15) is 8.42 Å². The standard InChI is InChI=1S/C22H19ClO3S/c23-18-11-13-19(14-12-18)27(24,25)26-15-17-10-9-16-5-1-2-6-20(16)22-8-4-3-7-21(17)22/h1-8,11-14,17H,9-10,15H2. The molecule has 27 heavy (non-hydrogen) atoms. The Morgan fingerprint density at radius 2 is 1.56 bits per heavy atom. The first kappa shape index (κ1) is 18.2. The number of halogens is 1. The molecule has 0 fully saturated rings. The van der Waals surface area contributed by atoms with Gasteiger partial charge >= 0.3 is 0 Å². The van der Waals surface area contributed by atoms with Gasteiger partial charge in [-0.2, -0.15) is 8.42 Å². The first-order valence-corrected chi connectivity index (χ1v) is 10.7. The molecule has 0 N–H and O–H groups in total. The molecule has 0 saturated heterocycles. The third-order valence-corrected chi connectivity index (χ3v) is 6.54. The summed E-state index contributed by atoms with van der Waals surface area (Å²) in [5.74, 6) is 0.00988. The van der Waals surface area contributed by atoms with Crippen molar-refractivity contribution < 1.29 is 12.6 Å². The van der Waals surface area contributed by atoms with Crippen LogP contribution in [-0.2, 0) is 20.7 Å². The van der Waals surface area contributed by atoms with Crippen molar-refractivity contribution >= 4 is 21.7 Å². The van der Waals surface area contributed by atoms with E-state index in [1.54, 1.807) is 12.1 Å². The van der Waals surface area contributed by atoms with Crippen LogP contribution >= 0.6 is 11.6 Å². The summed E-state index contributed by atoms with van der Waals surface area (Å²) in [6, 6.07) is 22.6. The van der Waals surface area contributed by atoms with E-state index in [0.29, 0.717) is 5.02 Å². The quantitative estimate of drug-likeness (QED) is 0.549. The zero-order valence-corrected chi connectivity index (χ0v) is 16.2. The number of benzene rings is 3. The lowest BCUT2D eigenvalue weighted by molar-refractivity contribution is 0.286. The van der Waals surface area contributed by atoms with Gasteiger partial charge in [-0.05, 0) is 59.4 Å². The summed E-state index contributed by atoms with van der Waals surface area (Å²) in [5, 5.41) is 0.490. The van der Waals surface area contributed by atoms with Crippen LogP contribution in [0.1, 0.15) is 23.5 Å². The molecule has 0 bridgehead atoms. The van der Waals surface area contributed by atoms with Crippen molar-refractivity contribution in [1.29, 1.82) is 0 Å². The fourth-order valence-electron chi connectivity index (χ4n) is 3.60. The maximum Gasteiger partial charge on any atom is 0.296 e. The molecule has 0 saturated carbocycles. The summed E-state index contributed by atoms with van der Waals surface area (Å²) in [5.41, 5.74) is 4.79. The van der Waals surface area contributed by atoms with Crippen LogP contribution in [0.3, 0.4) is 0 Å². The van der Waals surface area contributed by atoms with E-state index in [-0.39, 0.29) is 17.4 Å². The molecule has 4 rings (SSSR count). The minimum atomic E-state index is -3.82. The van der Waals surface area contributed by atoms with Crippen molar-refractivity contribution in [2.75, 3.05) is 6.61 Å². The van der Waals surface area contributed by atoms with Gasteiger partial charge in [-0.25, -0.2) is 0 Å². The summed E-state index contributed by atoms with van der Waals surface area (Å²) in [6.45, 7) is 0.121. The van der Waals surface area contributed by atoms with E-state index in [2.05, 4.69) is 24.3 Å². The van der Waals surface area contributed by atoms with Gasteiger partial charge < -0.3 is 0 Å². The fourth-order valence-corrected chi connectivity index (χ4v) is 4.67. The van der Waals surface area contributed by atoms with Gasteiger partial charge in [-0.3, -0.25) is 4.18 Å². The fraction of sp³-hybridized carbons (Fsp3) is 0.182. The zero-order chi connectivity index (χ0) is 18.9. The minimum absolute atomic E-state index is 0.00988. The normalized spacial score (nSPS) is 16.3. The maximum atomic E-state index is 12.5. The molecule has 1 aliphatic rings. The summed E-state index contributed by atoms with van der Waals surface area (Å²) in [7, 11) is -3.82. The van der Waals surface area contributed by atoms with Gasteiger partial charge in [0, 0.05) is 10.9 Å². The Bertz CT molecular complexity index is 1060. The van der Waals surface area contributed by atoms with E-state index in [4.69, 9.17) is 15.8 Å². The Morgan fingerprint density at radius 3 is 2.33 bits per heavy atom. The average Bonchev–Trinajstić information content (AvgIpc) is 2.84. The van der Waals surface area contributed by atoms with E-state index in [1.165, 1.54) is 23.3 Å². The van der Waals surface area contributed by atoms with Crippen molar-refractivity contribution in [2.45, 2.75) is 23.7 Å². The summed E-state index contributed by atoms with van der Waals surface area (Å²) >= 11 is 5.84. The largest absolute Gasteiger partial charge is 0.296 e. The lowest BCUT2D eigenvalue weighted by Crippen LogP contribution is -2.14. The molecule has 0 radical (unpaired) electrons. The van der Waals surface area contributed by atoms with Gasteiger partial charge in [0.2, 0.25) is 0 Å². The van der Waals surface area contributed by atoms with Gasteiger partial charge in [0.1, 0.15) is 0 Å². The molecule has 0 amide bonds. The molecule has 3 aromatic rings. The van der Waals surface area contributed by atoms with Gasteiger partial charge in [-0.1, -0.05) is 60.1 Å². The third-order valence-electron chi connectivity index (χ3n) is 5.00. The summed E-state index contributed by atoms with van der Waals surface area (Å²) < 4.78 is 30.5. The molecule has 1 unspecified atom stereocenters. The number of hydrogen-bond donors (Lipinski definition) is 0. The zero-order valence-electron chi connectivity index (χ0n) is 14.6. The van der Waals surface area contributed by atoms with Crippen molar-refractivity contribution in [1.82, 2.24) is 0 Å². The minimum Gasteiger partial charge on any atom is -0.266 e. The number of fused-ring (bicyclic) bond motifs is 3. The van der Waals surface area contributed by atoms with Crippen LogP contribution in [0.4, 0.5) is 0 Å². The Balaban J connectivity index is 1.61. The Morgan fingerprint density at radius 1 is 0.889 bits per heavy atom. The van der Waals surface area contributed by atoms with Crippen LogP contribution in [0.15, 0.2) is 77.7 Å². The van der Waals surface area contributed by atoms with Crippen LogP contribution in [-0.4, -0.2) is 15.0 Å². The molecule has 0 aromatic heterocycles. The molecule has 3 nitrogen and oxygen atoms in total. The van der Waals surface area contributed by atoms with Gasteiger partial charge in [-0.15, -0.1) is 0 Å². The van der Waals surface area contributed by atoms with E-state index in [1.807, 2.05) is 24.3 Å². The molecular formula is C22H19ClO3S. The predicted molar refractivity (Wildman–Crippen MR) is 108 cm³/mol. The highest BCUT2D eigenvalue weighted by Crippen LogP contribution is 2.38. The molecule has 0 spiro atoms. The Kier molecular flexibility index (Phi) is 5.04. The van der Waals surface area contributed by atoms with Crippen LogP contribution < -0.4 is 0 Å². The number of aryl methyl sites for hydroxylation is 1. The van der Waals surface area contributed by atoms with Crippen molar-refractivity contribution in [3.63, 3.8) is 0 Å². The van der Waals surface area contributed by atoms with Crippen molar-refractivity contribution in [3.8, 4) is 11.1 Å². The van der Waals surface area contributed by atoms with Gasteiger partial charge in [0.25, 0.3) is 10.1 Å². The summed E-state index contributed by atoms with van der Waals surface area (Å²) in [6.07, 6.45) is 1.73. The van der Waals surface area contributed by atoms with Crippen molar-refractivity contribution in [3.05, 3.63) is 88.9 Å². The van der Waals surface area contributed by atoms with Crippen LogP contribution in [0, 0.1) is 0 Å². The summed E-state index contributed by atoms with van der Waals surface area (Å²) in [4.78, 5) is 0.122. The van der Waals surface area contributed by atoms with E-state index in [0.717, 1.165) is 24.0 Å². The second-order valence-electron chi connectivity index (χ2n) is 6.67. The van der Waals surface area contributed by atoms with E-state index >= 15 is 0 Å². The average molecular weight is 399 g/mol. The topological polar surface area (TPSA) is 43.4 Å². The smallest absolute Gasteiger partial charge is 0.266 e. The Hall–Kier alpha value is -2.14. The van der Waals surface area contributed by atoms with Gasteiger partial charge in [0.05, 0.1) is 11.5 Å². The molecule has 0 aliphatic heterocycles. The second kappa shape index (κ2) is 7.47. The molecular weight excluding hydrogens is 380 g/mol. The maximum absolute atomic E-state index is 12.5. The molecule has 0 heterocycles.